The number of benzene rings is 1. The molecule has 2 N–H and O–H groups in total. The van der Waals surface area contributed by atoms with Gasteiger partial charge in [0.05, 0.1) is 19.6 Å². The number of likely N-dealkylation sites (tertiary alicyclic amines) is 1. The molecule has 22 heavy (non-hydrogen) atoms. The van der Waals surface area contributed by atoms with Crippen LogP contribution in [-0.4, -0.2) is 41.7 Å². The van der Waals surface area contributed by atoms with Crippen LogP contribution in [0.25, 0.3) is 0 Å². The number of hydrogen-bond donors (Lipinski definition) is 2. The normalized spacial score (nSPS) is 17.0. The molecule has 1 fully saturated rings. The molecule has 0 unspecified atom stereocenters. The molecule has 1 saturated heterocycles. The first-order valence-electron chi connectivity index (χ1n) is 8.02. The summed E-state index contributed by atoms with van der Waals surface area (Å²) in [7, 11) is 0. The van der Waals surface area contributed by atoms with Gasteiger partial charge in [0.15, 0.2) is 6.54 Å². The SMILES string of the molecule is C=CC[N+]1(CC(=O)Nc2c(C)cc(O)cc2C)CCCCC1. The van der Waals surface area contributed by atoms with Crippen LogP contribution in [-0.2, 0) is 4.79 Å². The van der Waals surface area contributed by atoms with Crippen molar-refractivity contribution in [2.24, 2.45) is 0 Å². The van der Waals surface area contributed by atoms with Crippen LogP contribution in [0.15, 0.2) is 24.8 Å². The number of aryl methyl sites for hydroxylation is 2. The second kappa shape index (κ2) is 6.97. The summed E-state index contributed by atoms with van der Waals surface area (Å²) >= 11 is 0. The molecule has 0 aromatic heterocycles. The van der Waals surface area contributed by atoms with E-state index < -0.39 is 0 Å². The first-order chi connectivity index (χ1) is 10.5. The highest BCUT2D eigenvalue weighted by Gasteiger charge is 2.31. The molecular formula is C18H27N2O2+. The Hall–Kier alpha value is -1.81. The molecule has 0 atom stereocenters. The Morgan fingerprint density at radius 2 is 1.86 bits per heavy atom. The Kier molecular flexibility index (Phi) is 5.24. The molecule has 1 amide bonds. The molecule has 1 aliphatic heterocycles. The fraction of sp³-hybridized carbons (Fsp3) is 0.500. The highest BCUT2D eigenvalue weighted by molar-refractivity contribution is 5.93. The number of carbonyl (C=O) groups excluding carboxylic acids is 1. The minimum atomic E-state index is 0.0423. The molecule has 1 aliphatic rings. The van der Waals surface area contributed by atoms with E-state index in [0.717, 1.165) is 40.9 Å². The van der Waals surface area contributed by atoms with E-state index in [1.54, 1.807) is 12.1 Å². The molecule has 0 spiro atoms. The molecule has 2 rings (SSSR count). The first-order valence-corrected chi connectivity index (χ1v) is 8.02. The number of phenolic OH excluding ortho intramolecular Hbond substituents is 1. The van der Waals surface area contributed by atoms with Crippen molar-refractivity contribution in [3.8, 4) is 5.75 Å². The number of carbonyl (C=O) groups is 1. The van der Waals surface area contributed by atoms with Crippen molar-refractivity contribution in [2.75, 3.05) is 31.5 Å². The summed E-state index contributed by atoms with van der Waals surface area (Å²) in [5, 5.41) is 12.6. The molecule has 1 aromatic carbocycles. The van der Waals surface area contributed by atoms with Crippen LogP contribution in [0.1, 0.15) is 30.4 Å². The number of hydrogen-bond acceptors (Lipinski definition) is 2. The molecule has 0 bridgehead atoms. The minimum Gasteiger partial charge on any atom is -0.508 e. The molecule has 1 aromatic rings. The van der Waals surface area contributed by atoms with Crippen LogP contribution in [0.5, 0.6) is 5.75 Å². The van der Waals surface area contributed by atoms with Crippen molar-refractivity contribution >= 4 is 11.6 Å². The smallest absolute Gasteiger partial charge is 0.279 e. The lowest BCUT2D eigenvalue weighted by Gasteiger charge is -2.40. The van der Waals surface area contributed by atoms with Gasteiger partial charge in [-0.2, -0.15) is 0 Å². The summed E-state index contributed by atoms with van der Waals surface area (Å²) in [5.74, 6) is 0.278. The van der Waals surface area contributed by atoms with Crippen molar-refractivity contribution in [3.63, 3.8) is 0 Å². The van der Waals surface area contributed by atoms with Crippen LogP contribution in [0.3, 0.4) is 0 Å². The van der Waals surface area contributed by atoms with Crippen molar-refractivity contribution in [1.29, 1.82) is 0 Å². The summed E-state index contributed by atoms with van der Waals surface area (Å²) in [6.07, 6.45) is 5.54. The monoisotopic (exact) mass is 303 g/mol. The summed E-state index contributed by atoms with van der Waals surface area (Å²) in [4.78, 5) is 12.5. The van der Waals surface area contributed by atoms with Crippen molar-refractivity contribution in [2.45, 2.75) is 33.1 Å². The number of nitrogens with one attached hydrogen (secondary N) is 1. The quantitative estimate of drug-likeness (QED) is 0.499. The molecule has 120 valence electrons. The lowest BCUT2D eigenvalue weighted by molar-refractivity contribution is -0.919. The standard InChI is InChI=1S/C18H26N2O2/c1-4-8-20(9-6-5-7-10-20)13-17(22)19-18-14(2)11-16(21)12-15(18)3/h4,11-12H,1,5-10,13H2,2-3H3,(H-,19,21,22)/p+1. The van der Waals surface area contributed by atoms with Gasteiger partial charge in [-0.25, -0.2) is 0 Å². The number of piperidine rings is 1. The Labute approximate surface area is 133 Å². The summed E-state index contributed by atoms with van der Waals surface area (Å²) in [6.45, 7) is 11.1. The topological polar surface area (TPSA) is 49.3 Å². The fourth-order valence-corrected chi connectivity index (χ4v) is 3.48. The maximum atomic E-state index is 12.5. The van der Waals surface area contributed by atoms with Gasteiger partial charge in [-0.3, -0.25) is 4.79 Å². The van der Waals surface area contributed by atoms with Gasteiger partial charge in [0.25, 0.3) is 5.91 Å². The Balaban J connectivity index is 2.10. The van der Waals surface area contributed by atoms with E-state index in [1.165, 1.54) is 19.3 Å². The van der Waals surface area contributed by atoms with Gasteiger partial charge < -0.3 is 14.9 Å². The zero-order valence-electron chi connectivity index (χ0n) is 13.7. The first kappa shape index (κ1) is 16.6. The Bertz CT molecular complexity index is 537. The van der Waals surface area contributed by atoms with E-state index in [0.29, 0.717) is 6.54 Å². The second-order valence-electron chi connectivity index (χ2n) is 6.48. The molecule has 1 heterocycles. The zero-order valence-corrected chi connectivity index (χ0v) is 13.7. The lowest BCUT2D eigenvalue weighted by Crippen LogP contribution is -2.55. The average molecular weight is 303 g/mol. The second-order valence-corrected chi connectivity index (χ2v) is 6.48. The molecule has 4 heteroatoms. The van der Waals surface area contributed by atoms with Gasteiger partial charge in [0, 0.05) is 5.69 Å². The van der Waals surface area contributed by atoms with E-state index >= 15 is 0 Å². The predicted octanol–water partition coefficient (Wildman–Crippen LogP) is 3.13. The lowest BCUT2D eigenvalue weighted by atomic mass is 10.1. The molecular weight excluding hydrogens is 276 g/mol. The minimum absolute atomic E-state index is 0.0423. The van der Waals surface area contributed by atoms with E-state index in [1.807, 2.05) is 19.9 Å². The molecule has 0 saturated carbocycles. The van der Waals surface area contributed by atoms with Gasteiger partial charge >= 0.3 is 0 Å². The third-order valence-corrected chi connectivity index (χ3v) is 4.54. The fourth-order valence-electron chi connectivity index (χ4n) is 3.48. The van der Waals surface area contributed by atoms with E-state index in [9.17, 15) is 9.90 Å². The van der Waals surface area contributed by atoms with Crippen molar-refractivity contribution in [3.05, 3.63) is 35.9 Å². The third kappa shape index (κ3) is 3.89. The Morgan fingerprint density at radius 3 is 2.41 bits per heavy atom. The number of aromatic hydroxyl groups is 1. The highest BCUT2D eigenvalue weighted by Crippen LogP contribution is 2.26. The Morgan fingerprint density at radius 1 is 1.27 bits per heavy atom. The highest BCUT2D eigenvalue weighted by atomic mass is 16.3. The number of anilines is 1. The number of phenols is 1. The zero-order chi connectivity index (χ0) is 16.2. The maximum absolute atomic E-state index is 12.5. The summed E-state index contributed by atoms with van der Waals surface area (Å²) in [6, 6.07) is 3.36. The number of quaternary nitrogens is 1. The largest absolute Gasteiger partial charge is 0.508 e. The van der Waals surface area contributed by atoms with Gasteiger partial charge in [0.2, 0.25) is 0 Å². The van der Waals surface area contributed by atoms with Gasteiger partial charge in [-0.1, -0.05) is 6.58 Å². The molecule has 4 nitrogen and oxygen atoms in total. The number of nitrogens with zero attached hydrogens (tertiary/aromatic N) is 1. The maximum Gasteiger partial charge on any atom is 0.279 e. The van der Waals surface area contributed by atoms with E-state index in [2.05, 4.69) is 11.9 Å². The van der Waals surface area contributed by atoms with Crippen LogP contribution in [0.2, 0.25) is 0 Å². The van der Waals surface area contributed by atoms with E-state index in [-0.39, 0.29) is 11.7 Å². The van der Waals surface area contributed by atoms with Crippen LogP contribution in [0.4, 0.5) is 5.69 Å². The third-order valence-electron chi connectivity index (χ3n) is 4.54. The summed E-state index contributed by atoms with van der Waals surface area (Å²) < 4.78 is 0.811. The summed E-state index contributed by atoms with van der Waals surface area (Å²) in [5.41, 5.74) is 2.59. The number of rotatable bonds is 5. The van der Waals surface area contributed by atoms with Crippen LogP contribution >= 0.6 is 0 Å². The van der Waals surface area contributed by atoms with Crippen LogP contribution in [0, 0.1) is 13.8 Å². The predicted molar refractivity (Wildman–Crippen MR) is 90.0 cm³/mol. The van der Waals surface area contributed by atoms with Gasteiger partial charge in [-0.15, -0.1) is 0 Å². The van der Waals surface area contributed by atoms with Crippen molar-refractivity contribution in [1.82, 2.24) is 0 Å². The molecule has 0 aliphatic carbocycles. The number of amides is 1. The van der Waals surface area contributed by atoms with E-state index in [4.69, 9.17) is 0 Å². The van der Waals surface area contributed by atoms with Gasteiger partial charge in [0.1, 0.15) is 5.75 Å². The molecule has 0 radical (unpaired) electrons. The van der Waals surface area contributed by atoms with Gasteiger partial charge in [-0.05, 0) is 62.4 Å². The van der Waals surface area contributed by atoms with Crippen molar-refractivity contribution < 1.29 is 14.4 Å². The average Bonchev–Trinajstić information content (AvgIpc) is 2.44. The van der Waals surface area contributed by atoms with Crippen LogP contribution < -0.4 is 5.32 Å².